The van der Waals surface area contributed by atoms with Gasteiger partial charge >= 0.3 is 24.8 Å². The van der Waals surface area contributed by atoms with Crippen molar-refractivity contribution in [1.29, 1.82) is 0 Å². The molecule has 0 radical (unpaired) electrons. The molecule has 0 amide bonds. The van der Waals surface area contributed by atoms with Gasteiger partial charge in [0.15, 0.2) is 23.1 Å². The predicted molar refractivity (Wildman–Crippen MR) is 158 cm³/mol. The van der Waals surface area contributed by atoms with Crippen LogP contribution in [0.15, 0.2) is 73.1 Å². The smallest absolute Gasteiger partial charge is 1.00 e. The Balaban J connectivity index is 0.000000632. The molecule has 2 aromatic carbocycles. The standard InChI is InChI=1S/C14H16N2O2.C12H14N2O.C4H8O.Al.Li.4H/c1-3-18-14(17)13-11(2)9-16(15-13)10-12-7-5-4-6-8-12;1-10-7-14(13-12(10)9-15)8-11-5-3-2-4-6-11;1-2-4-5-3-1;;;;;;/h4-9H,3,10H2,1-2H3;2-7,15H,8-9H2,1H3;1-4H2;;;;;;/q;;;;+1;;;;-1. The van der Waals surface area contributed by atoms with Gasteiger partial charge in [-0.1, -0.05) is 60.7 Å². The van der Waals surface area contributed by atoms with Crippen LogP contribution in [0.5, 0.6) is 0 Å². The van der Waals surface area contributed by atoms with Gasteiger partial charge < -0.3 is 16.0 Å². The third-order valence-electron chi connectivity index (χ3n) is 5.81. The molecule has 5 rings (SSSR count). The molecule has 0 bridgehead atoms. The van der Waals surface area contributed by atoms with Crippen LogP contribution in [0.1, 0.15) is 59.6 Å². The molecule has 210 valence electrons. The van der Waals surface area contributed by atoms with Crippen molar-refractivity contribution in [2.24, 2.45) is 0 Å². The second-order valence-electron chi connectivity index (χ2n) is 8.98. The van der Waals surface area contributed by atoms with Crippen molar-refractivity contribution >= 4 is 23.3 Å². The fraction of sp³-hybridized carbons (Fsp3) is 0.367. The topological polar surface area (TPSA) is 91.4 Å². The molecular weight excluding hydrogens is 514 g/mol. The Bertz CT molecular complexity index is 1240. The Morgan fingerprint density at radius 1 is 0.900 bits per heavy atom. The molecule has 40 heavy (non-hydrogen) atoms. The van der Waals surface area contributed by atoms with Crippen molar-refractivity contribution in [3.63, 3.8) is 0 Å². The van der Waals surface area contributed by atoms with E-state index in [1.54, 1.807) is 11.6 Å². The first kappa shape index (κ1) is 35.4. The molecule has 10 heteroatoms. The maximum absolute atomic E-state index is 11.6. The van der Waals surface area contributed by atoms with E-state index in [-0.39, 0.29) is 50.2 Å². The molecule has 1 aliphatic heterocycles. The van der Waals surface area contributed by atoms with Crippen molar-refractivity contribution < 1.29 is 39.7 Å². The molecule has 0 unspecified atom stereocenters. The summed E-state index contributed by atoms with van der Waals surface area (Å²) in [6, 6.07) is 20.2. The maximum Gasteiger partial charge on any atom is 1.00 e. The third-order valence-corrected chi connectivity index (χ3v) is 5.81. The van der Waals surface area contributed by atoms with E-state index in [1.807, 2.05) is 79.5 Å². The Hall–Kier alpha value is -2.62. The number of nitrogens with zero attached hydrogens (tertiary/aromatic N) is 4. The minimum absolute atomic E-state index is 0. The van der Waals surface area contributed by atoms with E-state index >= 15 is 0 Å². The van der Waals surface area contributed by atoms with Crippen LogP contribution >= 0.6 is 0 Å². The van der Waals surface area contributed by atoms with Gasteiger partial charge in [-0.05, 0) is 50.3 Å². The summed E-state index contributed by atoms with van der Waals surface area (Å²) in [6.45, 7) is 9.38. The molecule has 1 fully saturated rings. The molecule has 0 spiro atoms. The number of rotatable bonds is 7. The molecule has 1 N–H and O–H groups in total. The molecule has 0 atom stereocenters. The van der Waals surface area contributed by atoms with Crippen LogP contribution in [0.25, 0.3) is 0 Å². The molecule has 4 aromatic rings. The molecule has 0 aliphatic carbocycles. The predicted octanol–water partition coefficient (Wildman–Crippen LogP) is 0.878. The van der Waals surface area contributed by atoms with Crippen molar-refractivity contribution in [2.45, 2.75) is 53.3 Å². The number of ether oxygens (including phenoxy) is 2. The zero-order chi connectivity index (χ0) is 27.2. The van der Waals surface area contributed by atoms with Crippen molar-refractivity contribution in [3.8, 4) is 0 Å². The van der Waals surface area contributed by atoms with Crippen LogP contribution in [-0.4, -0.2) is 67.8 Å². The molecule has 2 aromatic heterocycles. The number of carbonyl (C=O) groups is 1. The molecular formula is C30H42AlLiN4O4. The van der Waals surface area contributed by atoms with Gasteiger partial charge in [0, 0.05) is 31.2 Å². The number of carbonyl (C=O) groups excluding carboxylic acids is 1. The molecule has 1 saturated heterocycles. The van der Waals surface area contributed by atoms with Gasteiger partial charge in [-0.15, -0.1) is 0 Å². The Labute approximate surface area is 261 Å². The second kappa shape index (κ2) is 19.5. The summed E-state index contributed by atoms with van der Waals surface area (Å²) in [5, 5.41) is 17.6. The number of esters is 1. The minimum atomic E-state index is -0.359. The van der Waals surface area contributed by atoms with Crippen molar-refractivity contribution in [1.82, 2.24) is 19.6 Å². The van der Waals surface area contributed by atoms with Crippen LogP contribution in [-0.2, 0) is 29.2 Å². The summed E-state index contributed by atoms with van der Waals surface area (Å²) in [7, 11) is 0. The number of hydrogen-bond donors (Lipinski definition) is 1. The van der Waals surface area contributed by atoms with Crippen molar-refractivity contribution in [3.05, 3.63) is 107 Å². The van der Waals surface area contributed by atoms with Gasteiger partial charge in [0.25, 0.3) is 0 Å². The Kier molecular flexibility index (Phi) is 17.2. The SMILES string of the molecule is C1CCOC1.CCOC(=O)c1nn(Cc2ccccc2)cc1C.Cc1cn(Cc2ccccc2)nc1CO.[AlH3].[H-].[Li+]. The Morgan fingerprint density at radius 3 is 1.82 bits per heavy atom. The van der Waals surface area contributed by atoms with Gasteiger partial charge in [0.05, 0.1) is 32.0 Å². The number of aryl methyl sites for hydroxylation is 2. The average Bonchev–Trinajstić information content (AvgIpc) is 3.69. The first-order chi connectivity index (χ1) is 18.5. The van der Waals surface area contributed by atoms with Crippen LogP contribution in [0.2, 0.25) is 0 Å². The zero-order valence-electron chi connectivity index (χ0n) is 24.5. The fourth-order valence-corrected chi connectivity index (χ4v) is 3.85. The van der Waals surface area contributed by atoms with Gasteiger partial charge in [-0.3, -0.25) is 9.36 Å². The van der Waals surface area contributed by atoms with E-state index < -0.39 is 0 Å². The van der Waals surface area contributed by atoms with Gasteiger partial charge in [0.2, 0.25) is 0 Å². The molecule has 0 saturated carbocycles. The minimum Gasteiger partial charge on any atom is -1.00 e. The van der Waals surface area contributed by atoms with E-state index in [2.05, 4.69) is 22.3 Å². The van der Waals surface area contributed by atoms with Crippen LogP contribution in [0.3, 0.4) is 0 Å². The average molecular weight is 557 g/mol. The van der Waals surface area contributed by atoms with Crippen LogP contribution in [0.4, 0.5) is 0 Å². The van der Waals surface area contributed by atoms with Gasteiger partial charge in [-0.2, -0.15) is 10.2 Å². The zero-order valence-corrected chi connectivity index (χ0v) is 23.5. The molecule has 8 nitrogen and oxygen atoms in total. The quantitative estimate of drug-likeness (QED) is 0.269. The van der Waals surface area contributed by atoms with Crippen molar-refractivity contribution in [2.75, 3.05) is 19.8 Å². The number of aliphatic hydroxyl groups excluding tert-OH is 1. The summed E-state index contributed by atoms with van der Waals surface area (Å²) in [5.41, 5.74) is 5.39. The molecule has 3 heterocycles. The second-order valence-corrected chi connectivity index (χ2v) is 8.98. The first-order valence-electron chi connectivity index (χ1n) is 13.0. The Morgan fingerprint density at radius 2 is 1.40 bits per heavy atom. The third kappa shape index (κ3) is 11.9. The number of aliphatic hydroxyl groups is 1. The van der Waals surface area contributed by atoms with Gasteiger partial charge in [0.1, 0.15) is 0 Å². The fourth-order valence-electron chi connectivity index (χ4n) is 3.85. The van der Waals surface area contributed by atoms with E-state index in [1.165, 1.54) is 18.4 Å². The summed E-state index contributed by atoms with van der Waals surface area (Å²) < 4.78 is 13.5. The number of benzene rings is 2. The maximum atomic E-state index is 11.6. The monoisotopic (exact) mass is 556 g/mol. The number of aromatic nitrogens is 4. The van der Waals surface area contributed by atoms with E-state index in [0.29, 0.717) is 18.8 Å². The summed E-state index contributed by atoms with van der Waals surface area (Å²) >= 11 is 0. The first-order valence-corrected chi connectivity index (χ1v) is 13.0. The van der Waals surface area contributed by atoms with Gasteiger partial charge in [-0.25, -0.2) is 4.79 Å². The van der Waals surface area contributed by atoms with E-state index in [0.717, 1.165) is 42.1 Å². The summed E-state index contributed by atoms with van der Waals surface area (Å²) in [4.78, 5) is 11.6. The number of hydrogen-bond acceptors (Lipinski definition) is 6. The van der Waals surface area contributed by atoms with E-state index in [9.17, 15) is 4.79 Å². The van der Waals surface area contributed by atoms with Crippen LogP contribution < -0.4 is 18.9 Å². The molecule has 1 aliphatic rings. The summed E-state index contributed by atoms with van der Waals surface area (Å²) in [5.74, 6) is -0.359. The normalized spacial score (nSPS) is 11.6. The van der Waals surface area contributed by atoms with E-state index in [4.69, 9.17) is 14.6 Å². The van der Waals surface area contributed by atoms with Crippen LogP contribution in [0, 0.1) is 13.8 Å². The largest absolute Gasteiger partial charge is 1.00 e. The summed E-state index contributed by atoms with van der Waals surface area (Å²) in [6.07, 6.45) is 6.37.